The molecule has 0 aromatic carbocycles. The first-order chi connectivity index (χ1) is 8.97. The first kappa shape index (κ1) is 13.5. The van der Waals surface area contributed by atoms with E-state index in [0.717, 1.165) is 5.69 Å². The summed E-state index contributed by atoms with van der Waals surface area (Å²) >= 11 is 0. The smallest absolute Gasteiger partial charge is 0.272 e. The lowest BCUT2D eigenvalue weighted by atomic mass is 10.1. The number of nitrogens with one attached hydrogen (secondary N) is 1. The van der Waals surface area contributed by atoms with E-state index in [1.54, 1.807) is 11.0 Å². The van der Waals surface area contributed by atoms with Gasteiger partial charge < -0.3 is 10.2 Å². The molecule has 2 amide bonds. The molecule has 1 aliphatic heterocycles. The number of carbonyl (C=O) groups is 2. The van der Waals surface area contributed by atoms with Gasteiger partial charge in [-0.05, 0) is 25.0 Å². The summed E-state index contributed by atoms with van der Waals surface area (Å²) in [4.78, 5) is 29.7. The van der Waals surface area contributed by atoms with Crippen LogP contribution in [0.2, 0.25) is 0 Å². The molecule has 102 valence electrons. The van der Waals surface area contributed by atoms with Crippen LogP contribution in [0.3, 0.4) is 0 Å². The number of aromatic nitrogens is 1. The molecule has 1 aromatic heterocycles. The second-order valence-corrected chi connectivity index (χ2v) is 5.26. The predicted molar refractivity (Wildman–Crippen MR) is 71.8 cm³/mol. The Labute approximate surface area is 113 Å². The molecule has 1 atom stereocenters. The summed E-state index contributed by atoms with van der Waals surface area (Å²) in [7, 11) is 0. The molecule has 1 aromatic rings. The van der Waals surface area contributed by atoms with Gasteiger partial charge in [-0.3, -0.25) is 9.59 Å². The normalized spacial score (nSPS) is 19.5. The topological polar surface area (TPSA) is 62.3 Å². The van der Waals surface area contributed by atoms with Crippen LogP contribution in [0.5, 0.6) is 0 Å². The van der Waals surface area contributed by atoms with Crippen molar-refractivity contribution in [2.24, 2.45) is 0 Å². The molecule has 2 rings (SSSR count). The Hall–Kier alpha value is -1.91. The highest BCUT2D eigenvalue weighted by molar-refractivity contribution is 5.95. The van der Waals surface area contributed by atoms with Crippen molar-refractivity contribution in [3.05, 3.63) is 29.6 Å². The molecule has 1 unspecified atom stereocenters. The SMILES string of the molecule is CC1CN(C(=O)c2cccc(C(C)C)n2)CC(=O)N1. The maximum absolute atomic E-state index is 12.3. The van der Waals surface area contributed by atoms with E-state index >= 15 is 0 Å². The monoisotopic (exact) mass is 261 g/mol. The molecular weight excluding hydrogens is 242 g/mol. The Morgan fingerprint density at radius 2 is 2.21 bits per heavy atom. The fraction of sp³-hybridized carbons (Fsp3) is 0.500. The Morgan fingerprint density at radius 1 is 1.47 bits per heavy atom. The van der Waals surface area contributed by atoms with Gasteiger partial charge in [0.25, 0.3) is 5.91 Å². The third-order valence-electron chi connectivity index (χ3n) is 3.10. The van der Waals surface area contributed by atoms with Gasteiger partial charge in [0.2, 0.25) is 5.91 Å². The zero-order valence-electron chi connectivity index (χ0n) is 11.5. The molecule has 2 heterocycles. The van der Waals surface area contributed by atoms with Gasteiger partial charge in [0, 0.05) is 18.3 Å². The van der Waals surface area contributed by atoms with Gasteiger partial charge in [0.1, 0.15) is 5.69 Å². The van der Waals surface area contributed by atoms with E-state index in [4.69, 9.17) is 0 Å². The third kappa shape index (κ3) is 3.10. The third-order valence-corrected chi connectivity index (χ3v) is 3.10. The summed E-state index contributed by atoms with van der Waals surface area (Å²) < 4.78 is 0. The van der Waals surface area contributed by atoms with Crippen molar-refractivity contribution in [2.75, 3.05) is 13.1 Å². The highest BCUT2D eigenvalue weighted by Crippen LogP contribution is 2.13. The number of rotatable bonds is 2. The van der Waals surface area contributed by atoms with Crippen LogP contribution in [-0.2, 0) is 4.79 Å². The summed E-state index contributed by atoms with van der Waals surface area (Å²) in [6.07, 6.45) is 0. The van der Waals surface area contributed by atoms with Gasteiger partial charge in [0.05, 0.1) is 6.54 Å². The lowest BCUT2D eigenvalue weighted by molar-refractivity contribution is -0.124. The Kier molecular flexibility index (Phi) is 3.83. The predicted octanol–water partition coefficient (Wildman–Crippen LogP) is 1.17. The van der Waals surface area contributed by atoms with Gasteiger partial charge in [0.15, 0.2) is 0 Å². The van der Waals surface area contributed by atoms with Gasteiger partial charge in [-0.25, -0.2) is 4.98 Å². The average molecular weight is 261 g/mol. The molecular formula is C14H19N3O2. The minimum Gasteiger partial charge on any atom is -0.350 e. The van der Waals surface area contributed by atoms with Crippen molar-refractivity contribution in [1.82, 2.24) is 15.2 Å². The van der Waals surface area contributed by atoms with E-state index in [2.05, 4.69) is 10.3 Å². The second kappa shape index (κ2) is 5.38. The Morgan fingerprint density at radius 3 is 2.84 bits per heavy atom. The second-order valence-electron chi connectivity index (χ2n) is 5.26. The molecule has 19 heavy (non-hydrogen) atoms. The van der Waals surface area contributed by atoms with Crippen LogP contribution in [-0.4, -0.2) is 40.8 Å². The van der Waals surface area contributed by atoms with Crippen LogP contribution in [0.1, 0.15) is 42.9 Å². The Balaban J connectivity index is 2.19. The molecule has 5 nitrogen and oxygen atoms in total. The standard InChI is InChI=1S/C14H19N3O2/c1-9(2)11-5-4-6-12(16-11)14(19)17-7-10(3)15-13(18)8-17/h4-6,9-10H,7-8H2,1-3H3,(H,15,18). The van der Waals surface area contributed by atoms with Crippen molar-refractivity contribution in [2.45, 2.75) is 32.7 Å². The fourth-order valence-electron chi connectivity index (χ4n) is 2.14. The van der Waals surface area contributed by atoms with E-state index in [9.17, 15) is 9.59 Å². The molecule has 0 saturated carbocycles. The summed E-state index contributed by atoms with van der Waals surface area (Å²) in [6.45, 7) is 6.59. The van der Waals surface area contributed by atoms with Gasteiger partial charge in [-0.1, -0.05) is 19.9 Å². The van der Waals surface area contributed by atoms with E-state index < -0.39 is 0 Å². The maximum atomic E-state index is 12.3. The zero-order valence-corrected chi connectivity index (χ0v) is 11.5. The van der Waals surface area contributed by atoms with E-state index in [-0.39, 0.29) is 30.3 Å². The molecule has 0 aliphatic carbocycles. The van der Waals surface area contributed by atoms with E-state index in [1.807, 2.05) is 32.9 Å². The largest absolute Gasteiger partial charge is 0.350 e. The minimum atomic E-state index is -0.177. The highest BCUT2D eigenvalue weighted by Gasteiger charge is 2.26. The lowest BCUT2D eigenvalue weighted by Crippen LogP contribution is -2.54. The van der Waals surface area contributed by atoms with Crippen molar-refractivity contribution in [1.29, 1.82) is 0 Å². The zero-order chi connectivity index (χ0) is 14.0. The average Bonchev–Trinajstić information content (AvgIpc) is 2.37. The molecule has 1 N–H and O–H groups in total. The highest BCUT2D eigenvalue weighted by atomic mass is 16.2. The summed E-state index contributed by atoms with van der Waals surface area (Å²) in [6, 6.07) is 5.43. The molecule has 1 aliphatic rings. The van der Waals surface area contributed by atoms with E-state index in [1.165, 1.54) is 0 Å². The number of pyridine rings is 1. The Bertz CT molecular complexity index is 499. The van der Waals surface area contributed by atoms with Crippen molar-refractivity contribution < 1.29 is 9.59 Å². The van der Waals surface area contributed by atoms with Gasteiger partial charge in [-0.2, -0.15) is 0 Å². The van der Waals surface area contributed by atoms with Crippen LogP contribution >= 0.6 is 0 Å². The molecule has 0 spiro atoms. The molecule has 5 heteroatoms. The van der Waals surface area contributed by atoms with Crippen LogP contribution in [0.4, 0.5) is 0 Å². The summed E-state index contributed by atoms with van der Waals surface area (Å²) in [5.74, 6) is -0.0207. The summed E-state index contributed by atoms with van der Waals surface area (Å²) in [5.41, 5.74) is 1.30. The number of carbonyl (C=O) groups excluding carboxylic acids is 2. The number of nitrogens with zero attached hydrogens (tertiary/aromatic N) is 2. The minimum absolute atomic E-state index is 0.0153. The number of amides is 2. The van der Waals surface area contributed by atoms with Crippen LogP contribution < -0.4 is 5.32 Å². The molecule has 0 bridgehead atoms. The van der Waals surface area contributed by atoms with Crippen LogP contribution in [0.15, 0.2) is 18.2 Å². The molecule has 1 saturated heterocycles. The number of piperazine rings is 1. The van der Waals surface area contributed by atoms with Crippen molar-refractivity contribution in [3.63, 3.8) is 0 Å². The number of hydrogen-bond acceptors (Lipinski definition) is 3. The lowest BCUT2D eigenvalue weighted by Gasteiger charge is -2.31. The summed E-state index contributed by atoms with van der Waals surface area (Å²) in [5, 5.41) is 2.79. The van der Waals surface area contributed by atoms with E-state index in [0.29, 0.717) is 12.2 Å². The van der Waals surface area contributed by atoms with Crippen LogP contribution in [0, 0.1) is 0 Å². The molecule has 0 radical (unpaired) electrons. The fourth-order valence-corrected chi connectivity index (χ4v) is 2.14. The van der Waals surface area contributed by atoms with Crippen molar-refractivity contribution >= 4 is 11.8 Å². The first-order valence-corrected chi connectivity index (χ1v) is 6.53. The van der Waals surface area contributed by atoms with Crippen LogP contribution in [0.25, 0.3) is 0 Å². The first-order valence-electron chi connectivity index (χ1n) is 6.53. The maximum Gasteiger partial charge on any atom is 0.272 e. The van der Waals surface area contributed by atoms with Gasteiger partial charge >= 0.3 is 0 Å². The number of hydrogen-bond donors (Lipinski definition) is 1. The molecule has 1 fully saturated rings. The van der Waals surface area contributed by atoms with Crippen molar-refractivity contribution in [3.8, 4) is 0 Å². The van der Waals surface area contributed by atoms with Gasteiger partial charge in [-0.15, -0.1) is 0 Å². The quantitative estimate of drug-likeness (QED) is 0.869.